The van der Waals surface area contributed by atoms with Crippen LogP contribution in [-0.4, -0.2) is 28.3 Å². The van der Waals surface area contributed by atoms with Gasteiger partial charge in [-0.05, 0) is 59.8 Å². The van der Waals surface area contributed by atoms with Crippen LogP contribution in [0.2, 0.25) is 0 Å². The topological polar surface area (TPSA) is 97.3 Å². The van der Waals surface area contributed by atoms with Crippen molar-refractivity contribution in [2.75, 3.05) is 23.3 Å². The van der Waals surface area contributed by atoms with Gasteiger partial charge in [-0.25, -0.2) is 4.63 Å². The molecule has 9 heteroatoms. The smallest absolute Gasteiger partial charge is 0.324 e. The van der Waals surface area contributed by atoms with Crippen LogP contribution in [0.5, 0.6) is 0 Å². The Labute approximate surface area is 170 Å². The van der Waals surface area contributed by atoms with Crippen molar-refractivity contribution in [2.45, 2.75) is 26.7 Å². The van der Waals surface area contributed by atoms with E-state index in [0.29, 0.717) is 17.1 Å². The molecule has 0 saturated carbocycles. The van der Waals surface area contributed by atoms with E-state index in [4.69, 9.17) is 4.63 Å². The van der Waals surface area contributed by atoms with Crippen molar-refractivity contribution in [1.82, 2.24) is 10.3 Å². The Morgan fingerprint density at radius 3 is 2.82 bits per heavy atom. The first-order valence-corrected chi connectivity index (χ1v) is 9.95. The molecule has 1 aliphatic heterocycles. The molecule has 0 amide bonds. The van der Waals surface area contributed by atoms with Crippen LogP contribution in [0.25, 0.3) is 11.0 Å². The number of hydrogen-bond donors (Lipinski definition) is 1. The second kappa shape index (κ2) is 7.38. The van der Waals surface area contributed by atoms with Crippen molar-refractivity contribution in [3.63, 3.8) is 0 Å². The molecular weight excluding hydrogens is 426 g/mol. The Hall–Kier alpha value is -2.68. The maximum absolute atomic E-state index is 11.8. The molecule has 0 radical (unpaired) electrons. The zero-order chi connectivity index (χ0) is 19.8. The van der Waals surface area contributed by atoms with E-state index in [1.807, 2.05) is 25.1 Å². The summed E-state index contributed by atoms with van der Waals surface area (Å²) in [6.45, 7) is 5.94. The first-order valence-electron chi connectivity index (χ1n) is 9.16. The highest BCUT2D eigenvalue weighted by molar-refractivity contribution is 9.10. The van der Waals surface area contributed by atoms with Crippen molar-refractivity contribution >= 4 is 49.7 Å². The third kappa shape index (κ3) is 3.42. The minimum absolute atomic E-state index is 0.137. The molecule has 1 fully saturated rings. The maximum Gasteiger partial charge on any atom is 0.324 e. The van der Waals surface area contributed by atoms with Crippen LogP contribution < -0.4 is 10.2 Å². The standard InChI is InChI=1S/C19H20BrN5O3/c1-11-4-3-7-24(10-11)16-9-15(21-13-6-5-12(2)14(20)8-13)19(25(26)27)18-17(16)22-28-23-18/h5-6,8-9,11,21H,3-4,7,10H2,1-2H3. The van der Waals surface area contributed by atoms with E-state index in [1.54, 1.807) is 6.07 Å². The minimum Gasteiger partial charge on any atom is -0.369 e. The van der Waals surface area contributed by atoms with Crippen LogP contribution >= 0.6 is 15.9 Å². The first kappa shape index (κ1) is 18.7. The number of aromatic nitrogens is 2. The van der Waals surface area contributed by atoms with Gasteiger partial charge in [0.2, 0.25) is 5.52 Å². The molecule has 3 aromatic rings. The monoisotopic (exact) mass is 445 g/mol. The van der Waals surface area contributed by atoms with Crippen LogP contribution in [0.15, 0.2) is 33.4 Å². The number of benzene rings is 2. The van der Waals surface area contributed by atoms with E-state index >= 15 is 0 Å². The molecule has 1 atom stereocenters. The lowest BCUT2D eigenvalue weighted by Crippen LogP contribution is -2.34. The van der Waals surface area contributed by atoms with E-state index in [-0.39, 0.29) is 11.2 Å². The van der Waals surface area contributed by atoms with E-state index in [0.717, 1.165) is 40.9 Å². The molecule has 1 aromatic heterocycles. The summed E-state index contributed by atoms with van der Waals surface area (Å²) in [5.41, 5.74) is 3.46. The van der Waals surface area contributed by atoms with Crippen molar-refractivity contribution in [1.29, 1.82) is 0 Å². The van der Waals surface area contributed by atoms with Crippen molar-refractivity contribution in [3.8, 4) is 0 Å². The van der Waals surface area contributed by atoms with Crippen LogP contribution in [-0.2, 0) is 0 Å². The highest BCUT2D eigenvalue weighted by Crippen LogP contribution is 2.41. The van der Waals surface area contributed by atoms with E-state index < -0.39 is 4.92 Å². The molecule has 2 heterocycles. The number of nitrogens with zero attached hydrogens (tertiary/aromatic N) is 4. The van der Waals surface area contributed by atoms with E-state index in [9.17, 15) is 10.1 Å². The van der Waals surface area contributed by atoms with Gasteiger partial charge in [0.15, 0.2) is 5.52 Å². The Balaban J connectivity index is 1.84. The lowest BCUT2D eigenvalue weighted by molar-refractivity contribution is -0.382. The zero-order valence-corrected chi connectivity index (χ0v) is 17.2. The van der Waals surface area contributed by atoms with Gasteiger partial charge in [0.25, 0.3) is 0 Å². The van der Waals surface area contributed by atoms with Crippen molar-refractivity contribution in [2.24, 2.45) is 5.92 Å². The fraction of sp³-hybridized carbons (Fsp3) is 0.368. The summed E-state index contributed by atoms with van der Waals surface area (Å²) in [5, 5.41) is 22.8. The molecule has 1 aliphatic rings. The Bertz CT molecular complexity index is 1050. The molecule has 0 bridgehead atoms. The number of nitrogens with one attached hydrogen (secondary N) is 1. The van der Waals surface area contributed by atoms with Gasteiger partial charge in [-0.2, -0.15) is 0 Å². The Kier molecular flexibility index (Phi) is 4.92. The van der Waals surface area contributed by atoms with Crippen molar-refractivity contribution < 1.29 is 9.55 Å². The Morgan fingerprint density at radius 1 is 1.32 bits per heavy atom. The SMILES string of the molecule is Cc1ccc(Nc2cc(N3CCCC(C)C3)c3nonc3c2[N+](=O)[O-])cc1Br. The van der Waals surface area contributed by atoms with Crippen LogP contribution in [0, 0.1) is 23.0 Å². The highest BCUT2D eigenvalue weighted by atomic mass is 79.9. The number of piperidine rings is 1. The average Bonchev–Trinajstić information content (AvgIpc) is 3.13. The summed E-state index contributed by atoms with van der Waals surface area (Å²) < 4.78 is 5.81. The summed E-state index contributed by atoms with van der Waals surface area (Å²) in [6, 6.07) is 7.52. The second-order valence-corrected chi connectivity index (χ2v) is 8.15. The predicted octanol–water partition coefficient (Wildman–Crippen LogP) is 5.18. The summed E-state index contributed by atoms with van der Waals surface area (Å²) in [6.07, 6.45) is 2.24. The number of hydrogen-bond acceptors (Lipinski definition) is 7. The predicted molar refractivity (Wildman–Crippen MR) is 111 cm³/mol. The van der Waals surface area contributed by atoms with E-state index in [1.165, 1.54) is 6.42 Å². The van der Waals surface area contributed by atoms with Crippen LogP contribution in [0.4, 0.5) is 22.7 Å². The summed E-state index contributed by atoms with van der Waals surface area (Å²) in [5.74, 6) is 0.545. The number of anilines is 3. The number of nitro groups is 1. The number of aryl methyl sites for hydroxylation is 1. The lowest BCUT2D eigenvalue weighted by Gasteiger charge is -2.32. The quantitative estimate of drug-likeness (QED) is 0.436. The van der Waals surface area contributed by atoms with Crippen molar-refractivity contribution in [3.05, 3.63) is 44.4 Å². The van der Waals surface area contributed by atoms with Crippen LogP contribution in [0.3, 0.4) is 0 Å². The highest BCUT2D eigenvalue weighted by Gasteiger charge is 2.29. The molecule has 0 spiro atoms. The lowest BCUT2D eigenvalue weighted by atomic mass is 9.99. The van der Waals surface area contributed by atoms with Gasteiger partial charge in [-0.3, -0.25) is 10.1 Å². The normalized spacial score (nSPS) is 17.1. The van der Waals surface area contributed by atoms with Crippen LogP contribution in [0.1, 0.15) is 25.3 Å². The molecule has 8 nitrogen and oxygen atoms in total. The third-order valence-corrected chi connectivity index (χ3v) is 5.98. The molecule has 0 aliphatic carbocycles. The molecule has 1 saturated heterocycles. The average molecular weight is 446 g/mol. The number of nitro benzene ring substituents is 1. The fourth-order valence-electron chi connectivity index (χ4n) is 3.67. The summed E-state index contributed by atoms with van der Waals surface area (Å²) in [7, 11) is 0. The maximum atomic E-state index is 11.8. The van der Waals surface area contributed by atoms with Gasteiger partial charge in [0, 0.05) is 23.2 Å². The van der Waals surface area contributed by atoms with E-state index in [2.05, 4.69) is 43.4 Å². The number of halogens is 1. The summed E-state index contributed by atoms with van der Waals surface area (Å²) in [4.78, 5) is 13.6. The molecule has 28 heavy (non-hydrogen) atoms. The number of rotatable bonds is 4. The van der Waals surface area contributed by atoms with Gasteiger partial charge in [-0.1, -0.05) is 28.9 Å². The molecule has 146 valence electrons. The van der Waals surface area contributed by atoms with Gasteiger partial charge in [0.1, 0.15) is 5.69 Å². The van der Waals surface area contributed by atoms with Gasteiger partial charge >= 0.3 is 5.69 Å². The van der Waals surface area contributed by atoms with Gasteiger partial charge < -0.3 is 10.2 Å². The molecule has 1 unspecified atom stereocenters. The van der Waals surface area contributed by atoms with Gasteiger partial charge in [-0.15, -0.1) is 0 Å². The largest absolute Gasteiger partial charge is 0.369 e. The molecular formula is C19H20BrN5O3. The second-order valence-electron chi connectivity index (χ2n) is 7.29. The first-order chi connectivity index (χ1) is 13.4. The fourth-order valence-corrected chi connectivity index (χ4v) is 4.05. The molecule has 1 N–H and O–H groups in total. The zero-order valence-electron chi connectivity index (χ0n) is 15.6. The molecule has 2 aromatic carbocycles. The minimum atomic E-state index is -0.444. The number of fused-ring (bicyclic) bond motifs is 1. The molecule has 4 rings (SSSR count). The third-order valence-electron chi connectivity index (χ3n) is 5.12. The Morgan fingerprint density at radius 2 is 2.11 bits per heavy atom. The van der Waals surface area contributed by atoms with Gasteiger partial charge in [0.05, 0.1) is 10.6 Å². The summed E-state index contributed by atoms with van der Waals surface area (Å²) >= 11 is 3.50.